The minimum absolute atomic E-state index is 0.149. The van der Waals surface area contributed by atoms with Gasteiger partial charge in [-0.2, -0.15) is 4.31 Å². The van der Waals surface area contributed by atoms with Crippen molar-refractivity contribution in [3.63, 3.8) is 0 Å². The van der Waals surface area contributed by atoms with E-state index >= 15 is 0 Å². The van der Waals surface area contributed by atoms with E-state index in [1.165, 1.54) is 0 Å². The lowest BCUT2D eigenvalue weighted by Gasteiger charge is -2.36. The maximum Gasteiger partial charge on any atom is 0.214 e. The molecule has 17 heavy (non-hydrogen) atoms. The molecule has 1 saturated heterocycles. The first kappa shape index (κ1) is 14.9. The number of unbranched alkanes of at least 4 members (excludes halogenated alkanes) is 1. The van der Waals surface area contributed by atoms with Gasteiger partial charge in [0.1, 0.15) is 0 Å². The van der Waals surface area contributed by atoms with Gasteiger partial charge in [0, 0.05) is 26.3 Å². The van der Waals surface area contributed by atoms with Crippen LogP contribution in [0.3, 0.4) is 0 Å². The highest BCUT2D eigenvalue weighted by Gasteiger charge is 2.32. The van der Waals surface area contributed by atoms with Crippen molar-refractivity contribution in [2.45, 2.75) is 45.6 Å². The van der Waals surface area contributed by atoms with Crippen molar-refractivity contribution in [2.24, 2.45) is 5.92 Å². The third kappa shape index (κ3) is 4.23. The van der Waals surface area contributed by atoms with E-state index in [1.54, 1.807) is 11.4 Å². The predicted molar refractivity (Wildman–Crippen MR) is 69.5 cm³/mol. The largest absolute Gasteiger partial charge is 0.385 e. The Bertz CT molecular complexity index is 316. The summed E-state index contributed by atoms with van der Waals surface area (Å²) in [7, 11) is -1.43. The zero-order valence-electron chi connectivity index (χ0n) is 11.2. The average molecular weight is 263 g/mol. The maximum atomic E-state index is 12.2. The van der Waals surface area contributed by atoms with Gasteiger partial charge < -0.3 is 4.74 Å². The standard InChI is InChI=1S/C12H25NO3S/c1-11-7-6-8-13(12(11)2)17(14,15)10-5-4-9-16-3/h11-12H,4-10H2,1-3H3/t11-,12-/m0/s1. The van der Waals surface area contributed by atoms with Crippen LogP contribution in [0.25, 0.3) is 0 Å². The van der Waals surface area contributed by atoms with Gasteiger partial charge in [0.15, 0.2) is 0 Å². The molecule has 0 unspecified atom stereocenters. The quantitative estimate of drug-likeness (QED) is 0.687. The molecule has 0 amide bonds. The third-order valence-corrected chi connectivity index (χ3v) is 5.71. The molecule has 2 atom stereocenters. The fourth-order valence-electron chi connectivity index (χ4n) is 2.34. The molecule has 0 bridgehead atoms. The van der Waals surface area contributed by atoms with Crippen LogP contribution in [0.5, 0.6) is 0 Å². The van der Waals surface area contributed by atoms with Gasteiger partial charge in [-0.05, 0) is 38.5 Å². The highest BCUT2D eigenvalue weighted by atomic mass is 32.2. The number of sulfonamides is 1. The highest BCUT2D eigenvalue weighted by Crippen LogP contribution is 2.25. The lowest BCUT2D eigenvalue weighted by Crippen LogP contribution is -2.46. The van der Waals surface area contributed by atoms with Gasteiger partial charge in [0.25, 0.3) is 0 Å². The normalized spacial score (nSPS) is 27.2. The van der Waals surface area contributed by atoms with Gasteiger partial charge in [0.2, 0.25) is 10.0 Å². The van der Waals surface area contributed by atoms with Gasteiger partial charge in [0.05, 0.1) is 5.75 Å². The fourth-order valence-corrected chi connectivity index (χ4v) is 4.26. The Labute approximate surface area is 105 Å². The van der Waals surface area contributed by atoms with Crippen LogP contribution < -0.4 is 0 Å². The van der Waals surface area contributed by atoms with E-state index < -0.39 is 10.0 Å². The number of rotatable bonds is 6. The summed E-state index contributed by atoms with van der Waals surface area (Å²) < 4.78 is 31.0. The highest BCUT2D eigenvalue weighted by molar-refractivity contribution is 7.89. The molecule has 0 radical (unpaired) electrons. The van der Waals surface area contributed by atoms with E-state index in [4.69, 9.17) is 4.74 Å². The molecule has 1 aliphatic heterocycles. The number of nitrogens with zero attached hydrogens (tertiary/aromatic N) is 1. The second-order valence-corrected chi connectivity index (χ2v) is 7.03. The van der Waals surface area contributed by atoms with Gasteiger partial charge in [-0.1, -0.05) is 6.92 Å². The van der Waals surface area contributed by atoms with Crippen molar-refractivity contribution in [2.75, 3.05) is 26.0 Å². The van der Waals surface area contributed by atoms with Crippen LogP contribution in [-0.2, 0) is 14.8 Å². The third-order valence-electron chi connectivity index (χ3n) is 3.67. The summed E-state index contributed by atoms with van der Waals surface area (Å²) in [5.74, 6) is 0.727. The van der Waals surface area contributed by atoms with E-state index in [2.05, 4.69) is 6.92 Å². The topological polar surface area (TPSA) is 46.6 Å². The number of methoxy groups -OCH3 is 1. The molecule has 0 aliphatic carbocycles. The summed E-state index contributed by atoms with van der Waals surface area (Å²) in [5.41, 5.74) is 0. The molecule has 1 heterocycles. The van der Waals surface area contributed by atoms with Gasteiger partial charge >= 0.3 is 0 Å². The van der Waals surface area contributed by atoms with E-state index in [0.29, 0.717) is 25.5 Å². The first-order valence-electron chi connectivity index (χ1n) is 6.47. The van der Waals surface area contributed by atoms with E-state index in [1.807, 2.05) is 6.92 Å². The average Bonchev–Trinajstić information content (AvgIpc) is 2.28. The predicted octanol–water partition coefficient (Wildman–Crippen LogP) is 1.86. The minimum Gasteiger partial charge on any atom is -0.385 e. The number of hydrogen-bond donors (Lipinski definition) is 0. The Hall–Kier alpha value is -0.130. The van der Waals surface area contributed by atoms with Crippen LogP contribution in [0.4, 0.5) is 0 Å². The summed E-state index contributed by atoms with van der Waals surface area (Å²) in [6, 6.07) is 0.149. The Morgan fingerprint density at radius 3 is 2.65 bits per heavy atom. The summed E-state index contributed by atoms with van der Waals surface area (Å²) in [6.45, 7) is 5.49. The molecular weight excluding hydrogens is 238 g/mol. The van der Waals surface area contributed by atoms with E-state index in [-0.39, 0.29) is 11.8 Å². The molecule has 4 nitrogen and oxygen atoms in total. The number of piperidine rings is 1. The molecule has 0 spiro atoms. The summed E-state index contributed by atoms with van der Waals surface area (Å²) in [6.07, 6.45) is 3.63. The second kappa shape index (κ2) is 6.71. The molecule has 0 aromatic heterocycles. The lowest BCUT2D eigenvalue weighted by molar-refractivity contribution is 0.192. The first-order chi connectivity index (χ1) is 7.99. The van der Waals surface area contributed by atoms with Gasteiger partial charge in [-0.15, -0.1) is 0 Å². The van der Waals surface area contributed by atoms with Crippen molar-refractivity contribution >= 4 is 10.0 Å². The van der Waals surface area contributed by atoms with Gasteiger partial charge in [-0.25, -0.2) is 8.42 Å². The molecule has 102 valence electrons. The van der Waals surface area contributed by atoms with Crippen LogP contribution in [0, 0.1) is 5.92 Å². The number of hydrogen-bond acceptors (Lipinski definition) is 3. The van der Waals surface area contributed by atoms with Crippen molar-refractivity contribution in [3.8, 4) is 0 Å². The maximum absolute atomic E-state index is 12.2. The Morgan fingerprint density at radius 1 is 1.29 bits per heavy atom. The monoisotopic (exact) mass is 263 g/mol. The zero-order valence-corrected chi connectivity index (χ0v) is 12.0. The summed E-state index contributed by atoms with van der Waals surface area (Å²) in [4.78, 5) is 0. The minimum atomic E-state index is -3.07. The Balaban J connectivity index is 2.51. The molecule has 0 aromatic carbocycles. The molecular formula is C12H25NO3S. The van der Waals surface area contributed by atoms with Crippen molar-refractivity contribution in [1.82, 2.24) is 4.31 Å². The molecule has 1 fully saturated rings. The summed E-state index contributed by atoms with van der Waals surface area (Å²) >= 11 is 0. The molecule has 0 saturated carbocycles. The fraction of sp³-hybridized carbons (Fsp3) is 1.00. The molecule has 0 N–H and O–H groups in total. The summed E-state index contributed by atoms with van der Waals surface area (Å²) in [5, 5.41) is 0. The van der Waals surface area contributed by atoms with E-state index in [0.717, 1.165) is 19.3 Å². The van der Waals surface area contributed by atoms with Gasteiger partial charge in [-0.3, -0.25) is 0 Å². The van der Waals surface area contributed by atoms with Crippen LogP contribution in [0.2, 0.25) is 0 Å². The SMILES string of the molecule is COCCCCS(=O)(=O)N1CCC[C@H](C)[C@@H]1C. The van der Waals surface area contributed by atoms with Crippen LogP contribution in [0.1, 0.15) is 39.5 Å². The molecule has 5 heteroatoms. The zero-order chi connectivity index (χ0) is 12.9. The lowest BCUT2D eigenvalue weighted by atomic mass is 9.94. The number of ether oxygens (including phenoxy) is 1. The molecule has 1 aliphatic rings. The molecule has 1 rings (SSSR count). The first-order valence-corrected chi connectivity index (χ1v) is 8.08. The Morgan fingerprint density at radius 2 is 2.00 bits per heavy atom. The van der Waals surface area contributed by atoms with Crippen LogP contribution >= 0.6 is 0 Å². The Kier molecular flexibility index (Phi) is 5.89. The molecule has 0 aromatic rings. The smallest absolute Gasteiger partial charge is 0.214 e. The van der Waals surface area contributed by atoms with Crippen molar-refractivity contribution < 1.29 is 13.2 Å². The van der Waals surface area contributed by atoms with E-state index in [9.17, 15) is 8.42 Å². The second-order valence-electron chi connectivity index (χ2n) is 4.99. The van der Waals surface area contributed by atoms with Crippen molar-refractivity contribution in [1.29, 1.82) is 0 Å². The van der Waals surface area contributed by atoms with Crippen LogP contribution in [0.15, 0.2) is 0 Å². The van der Waals surface area contributed by atoms with Crippen molar-refractivity contribution in [3.05, 3.63) is 0 Å². The van der Waals surface area contributed by atoms with Crippen LogP contribution in [-0.4, -0.2) is 44.8 Å².